The van der Waals surface area contributed by atoms with E-state index in [0.29, 0.717) is 6.07 Å². The molecule has 37 heavy (non-hydrogen) atoms. The summed E-state index contributed by atoms with van der Waals surface area (Å²) >= 11 is 0. The Morgan fingerprint density at radius 2 is 1.65 bits per heavy atom. The molecule has 1 N–H and O–H groups in total. The summed E-state index contributed by atoms with van der Waals surface area (Å²) in [6.45, 7) is 2.63. The van der Waals surface area contributed by atoms with Crippen LogP contribution in [0.3, 0.4) is 0 Å². The number of aromatic nitrogens is 2. The first-order valence-corrected chi connectivity index (χ1v) is 10.2. The Balaban J connectivity index is 2.20. The van der Waals surface area contributed by atoms with Gasteiger partial charge in [-0.05, 0) is 32.0 Å². The van der Waals surface area contributed by atoms with E-state index in [1.165, 1.54) is 13.8 Å². The molecule has 0 aliphatic heterocycles. The lowest BCUT2D eigenvalue weighted by Gasteiger charge is -2.18. The van der Waals surface area contributed by atoms with E-state index in [1.54, 1.807) is 0 Å². The van der Waals surface area contributed by atoms with Gasteiger partial charge in [-0.15, -0.1) is 13.2 Å². The van der Waals surface area contributed by atoms with Crippen molar-refractivity contribution in [2.45, 2.75) is 26.4 Å². The molecule has 3 rings (SSSR count). The van der Waals surface area contributed by atoms with Gasteiger partial charge in [0.1, 0.15) is 17.0 Å². The first-order chi connectivity index (χ1) is 17.2. The van der Waals surface area contributed by atoms with Crippen LogP contribution < -0.4 is 19.6 Å². The number of hydrogen-bond donors (Lipinski definition) is 1. The number of H-pyrrole nitrogens is 1. The van der Waals surface area contributed by atoms with Crippen LogP contribution in [0.1, 0.15) is 27.3 Å². The Labute approximate surface area is 204 Å². The lowest BCUT2D eigenvalue weighted by molar-refractivity contribution is -0.274. The second-order valence-corrected chi connectivity index (χ2v) is 7.47. The maximum atomic E-state index is 13.5. The lowest BCUT2D eigenvalue weighted by Crippen LogP contribution is -2.22. The molecule has 0 unspecified atom stereocenters. The second kappa shape index (κ2) is 10.0. The number of nitrogens with one attached hydrogen (secondary N) is 1. The van der Waals surface area contributed by atoms with E-state index in [-0.39, 0.29) is 45.3 Å². The van der Waals surface area contributed by atoms with E-state index in [1.807, 2.05) is 0 Å². The minimum Gasteiger partial charge on any atom is -0.493 e. The van der Waals surface area contributed by atoms with Gasteiger partial charge < -0.3 is 23.9 Å². The third kappa shape index (κ3) is 5.95. The zero-order valence-electron chi connectivity index (χ0n) is 19.6. The van der Waals surface area contributed by atoms with E-state index in [9.17, 15) is 35.9 Å². The van der Waals surface area contributed by atoms with Crippen LogP contribution in [-0.4, -0.2) is 36.5 Å². The van der Waals surface area contributed by atoms with Crippen LogP contribution in [0.5, 0.6) is 23.0 Å². The maximum Gasteiger partial charge on any atom is 0.573 e. The number of rotatable bonds is 6. The number of benzene rings is 1. The number of nitrogens with zero attached hydrogens (tertiary/aromatic N) is 1. The summed E-state index contributed by atoms with van der Waals surface area (Å²) in [5.74, 6) is -2.31. The molecule has 0 spiro atoms. The molecule has 0 aliphatic carbocycles. The number of ether oxygens (including phenoxy) is 4. The molecule has 0 bridgehead atoms. The predicted octanol–water partition coefficient (Wildman–Crippen LogP) is 5.56. The zero-order valence-corrected chi connectivity index (χ0v) is 19.6. The Bertz CT molecular complexity index is 1400. The van der Waals surface area contributed by atoms with Crippen molar-refractivity contribution in [2.75, 3.05) is 14.2 Å². The molecule has 0 radical (unpaired) electrons. The standard InChI is InChI=1S/C23H18F6N2O6/c1-10-19(31-11(2)18(20(10)32)21(33)35-4)13-8-17(22(24,25)26)30-9-16(13)36-14-6-5-12(7-15(14)34-3)37-23(27,28)29/h5-9H,1-4H3,(H,31,32). The smallest absolute Gasteiger partial charge is 0.493 e. The number of carbonyl (C=O) groups is 1. The van der Waals surface area contributed by atoms with Gasteiger partial charge in [-0.2, -0.15) is 13.2 Å². The van der Waals surface area contributed by atoms with E-state index in [2.05, 4.69) is 19.4 Å². The molecule has 0 aliphatic rings. The average molecular weight is 532 g/mol. The van der Waals surface area contributed by atoms with Crippen molar-refractivity contribution in [3.63, 3.8) is 0 Å². The van der Waals surface area contributed by atoms with Crippen LogP contribution in [0.4, 0.5) is 26.3 Å². The highest BCUT2D eigenvalue weighted by molar-refractivity contribution is 5.91. The van der Waals surface area contributed by atoms with Crippen LogP contribution >= 0.6 is 0 Å². The monoisotopic (exact) mass is 532 g/mol. The lowest BCUT2D eigenvalue weighted by atomic mass is 10.0. The topological polar surface area (TPSA) is 99.7 Å². The van der Waals surface area contributed by atoms with Gasteiger partial charge in [0, 0.05) is 22.9 Å². The molecular formula is C23H18F6N2O6. The van der Waals surface area contributed by atoms with Gasteiger partial charge in [-0.25, -0.2) is 9.78 Å². The van der Waals surface area contributed by atoms with Crippen molar-refractivity contribution in [3.05, 3.63) is 63.2 Å². The number of pyridine rings is 2. The molecule has 0 saturated carbocycles. The van der Waals surface area contributed by atoms with Crippen LogP contribution in [0, 0.1) is 13.8 Å². The highest BCUT2D eigenvalue weighted by Crippen LogP contribution is 2.41. The first kappa shape index (κ1) is 27.4. The molecule has 0 atom stereocenters. The summed E-state index contributed by atoms with van der Waals surface area (Å²) in [4.78, 5) is 31.0. The summed E-state index contributed by atoms with van der Waals surface area (Å²) in [5.41, 5.74) is -2.94. The van der Waals surface area contributed by atoms with Crippen molar-refractivity contribution in [2.24, 2.45) is 0 Å². The zero-order chi connectivity index (χ0) is 27.7. The average Bonchev–Trinajstić information content (AvgIpc) is 2.80. The summed E-state index contributed by atoms with van der Waals surface area (Å²) in [5, 5.41) is 0. The van der Waals surface area contributed by atoms with Gasteiger partial charge in [0.2, 0.25) is 0 Å². The van der Waals surface area contributed by atoms with Crippen LogP contribution in [0.25, 0.3) is 11.3 Å². The number of esters is 1. The van der Waals surface area contributed by atoms with Gasteiger partial charge >= 0.3 is 18.5 Å². The summed E-state index contributed by atoms with van der Waals surface area (Å²) in [6.07, 6.45) is -9.11. The molecule has 3 aromatic rings. The van der Waals surface area contributed by atoms with Crippen molar-refractivity contribution < 1.29 is 50.1 Å². The minimum absolute atomic E-state index is 0.0139. The summed E-state index contributed by atoms with van der Waals surface area (Å²) in [6, 6.07) is 3.44. The van der Waals surface area contributed by atoms with Crippen molar-refractivity contribution in [3.8, 4) is 34.3 Å². The van der Waals surface area contributed by atoms with E-state index in [0.717, 1.165) is 38.6 Å². The fourth-order valence-electron chi connectivity index (χ4n) is 3.35. The Kier molecular flexibility index (Phi) is 7.41. The van der Waals surface area contributed by atoms with E-state index < -0.39 is 35.4 Å². The molecule has 2 aromatic heterocycles. The van der Waals surface area contributed by atoms with Gasteiger partial charge in [0.05, 0.1) is 26.1 Å². The van der Waals surface area contributed by atoms with E-state index >= 15 is 0 Å². The number of halogens is 6. The largest absolute Gasteiger partial charge is 0.573 e. The van der Waals surface area contributed by atoms with Gasteiger partial charge in [-0.3, -0.25) is 4.79 Å². The van der Waals surface area contributed by atoms with Crippen LogP contribution in [-0.2, 0) is 10.9 Å². The SMILES string of the molecule is COC(=O)c1c(C)[nH]c(-c2cc(C(F)(F)F)ncc2Oc2ccc(OC(F)(F)F)cc2OC)c(C)c1=O. The summed E-state index contributed by atoms with van der Waals surface area (Å²) in [7, 11) is 2.19. The predicted molar refractivity (Wildman–Crippen MR) is 116 cm³/mol. The number of alkyl halides is 6. The van der Waals surface area contributed by atoms with Crippen molar-refractivity contribution in [1.82, 2.24) is 9.97 Å². The maximum absolute atomic E-state index is 13.5. The van der Waals surface area contributed by atoms with Gasteiger partial charge in [0.25, 0.3) is 0 Å². The highest BCUT2D eigenvalue weighted by Gasteiger charge is 2.34. The van der Waals surface area contributed by atoms with Crippen LogP contribution in [0.15, 0.2) is 35.3 Å². The Morgan fingerprint density at radius 1 is 0.973 bits per heavy atom. The molecule has 0 saturated heterocycles. The molecule has 1 aromatic carbocycles. The third-order valence-corrected chi connectivity index (χ3v) is 5.04. The van der Waals surface area contributed by atoms with Crippen molar-refractivity contribution in [1.29, 1.82) is 0 Å². The molecular weight excluding hydrogens is 514 g/mol. The third-order valence-electron chi connectivity index (χ3n) is 5.04. The Morgan fingerprint density at radius 3 is 2.22 bits per heavy atom. The number of aromatic amines is 1. The van der Waals surface area contributed by atoms with E-state index in [4.69, 9.17) is 9.47 Å². The molecule has 2 heterocycles. The number of carbonyl (C=O) groups excluding carboxylic acids is 1. The van der Waals surface area contributed by atoms with Crippen LogP contribution in [0.2, 0.25) is 0 Å². The van der Waals surface area contributed by atoms with Gasteiger partial charge in [0.15, 0.2) is 22.7 Å². The highest BCUT2D eigenvalue weighted by atomic mass is 19.4. The normalized spacial score (nSPS) is 11.7. The Hall–Kier alpha value is -4.23. The fourth-order valence-corrected chi connectivity index (χ4v) is 3.35. The molecule has 14 heteroatoms. The van der Waals surface area contributed by atoms with Crippen molar-refractivity contribution >= 4 is 5.97 Å². The molecule has 8 nitrogen and oxygen atoms in total. The second-order valence-electron chi connectivity index (χ2n) is 7.47. The number of methoxy groups -OCH3 is 2. The molecule has 0 fully saturated rings. The fraction of sp³-hybridized carbons (Fsp3) is 0.261. The minimum atomic E-state index is -4.98. The molecule has 0 amide bonds. The molecule has 198 valence electrons. The number of hydrogen-bond acceptors (Lipinski definition) is 7. The quantitative estimate of drug-likeness (QED) is 0.328. The first-order valence-electron chi connectivity index (χ1n) is 10.2. The summed E-state index contributed by atoms with van der Waals surface area (Å²) < 4.78 is 97.1. The van der Waals surface area contributed by atoms with Gasteiger partial charge in [-0.1, -0.05) is 0 Å². The number of aryl methyl sites for hydroxylation is 1.